The first-order valence-corrected chi connectivity index (χ1v) is 8.13. The van der Waals surface area contributed by atoms with E-state index in [9.17, 15) is 4.21 Å². The van der Waals surface area contributed by atoms with Gasteiger partial charge < -0.3 is 5.32 Å². The fourth-order valence-corrected chi connectivity index (χ4v) is 2.81. The van der Waals surface area contributed by atoms with Crippen LogP contribution in [-0.4, -0.2) is 27.2 Å². The van der Waals surface area contributed by atoms with Crippen LogP contribution in [0.3, 0.4) is 0 Å². The lowest BCUT2D eigenvalue weighted by Gasteiger charge is -2.11. The average molecular weight is 260 g/mol. The molecule has 0 aliphatic carbocycles. The van der Waals surface area contributed by atoms with Crippen LogP contribution < -0.4 is 5.32 Å². The van der Waals surface area contributed by atoms with Gasteiger partial charge in [0.05, 0.1) is 5.01 Å². The van der Waals surface area contributed by atoms with Crippen molar-refractivity contribution < 1.29 is 4.21 Å². The van der Waals surface area contributed by atoms with Crippen LogP contribution in [0.5, 0.6) is 0 Å². The predicted octanol–water partition coefficient (Wildman–Crippen LogP) is 1.95. The minimum absolute atomic E-state index is 0.413. The molecule has 0 radical (unpaired) electrons. The molecule has 0 amide bonds. The van der Waals surface area contributed by atoms with E-state index in [0.29, 0.717) is 6.04 Å². The highest BCUT2D eigenvalue weighted by atomic mass is 32.2. The summed E-state index contributed by atoms with van der Waals surface area (Å²) in [7, 11) is -0.681. The fourth-order valence-electron chi connectivity index (χ4n) is 1.31. The van der Waals surface area contributed by atoms with Crippen molar-refractivity contribution in [3.63, 3.8) is 0 Å². The molecular formula is C11H20N2OS2. The minimum atomic E-state index is -0.681. The predicted molar refractivity (Wildman–Crippen MR) is 71.3 cm³/mol. The zero-order valence-electron chi connectivity index (χ0n) is 10.2. The Hall–Kier alpha value is -0.260. The topological polar surface area (TPSA) is 42.0 Å². The second-order valence-electron chi connectivity index (χ2n) is 3.92. The first-order valence-electron chi connectivity index (χ1n) is 5.58. The van der Waals surface area contributed by atoms with Crippen LogP contribution in [0.15, 0.2) is 6.20 Å². The standard InChI is InChI=1S/C11H20N2OS2/c1-4-11-13-8-10(15-11)7-12-9(2)5-6-16(3)14/h8-9,12H,4-7H2,1-3H3. The molecule has 2 atom stereocenters. The van der Waals surface area contributed by atoms with Crippen LogP contribution in [-0.2, 0) is 23.8 Å². The van der Waals surface area contributed by atoms with Gasteiger partial charge in [0, 0.05) is 46.5 Å². The summed E-state index contributed by atoms with van der Waals surface area (Å²) in [6, 6.07) is 0.413. The molecule has 0 bridgehead atoms. The fraction of sp³-hybridized carbons (Fsp3) is 0.727. The molecule has 0 aliphatic heterocycles. The van der Waals surface area contributed by atoms with Gasteiger partial charge >= 0.3 is 0 Å². The van der Waals surface area contributed by atoms with Crippen molar-refractivity contribution in [1.82, 2.24) is 10.3 Å². The van der Waals surface area contributed by atoms with Crippen LogP contribution in [0.1, 0.15) is 30.2 Å². The Bertz CT molecular complexity index is 338. The molecule has 0 fully saturated rings. The second-order valence-corrected chi connectivity index (χ2v) is 6.68. The molecule has 0 spiro atoms. The third kappa shape index (κ3) is 5.18. The highest BCUT2D eigenvalue weighted by molar-refractivity contribution is 7.84. The maximum Gasteiger partial charge on any atom is 0.0925 e. The Labute approximate surface area is 104 Å². The van der Waals surface area contributed by atoms with Crippen LogP contribution in [0.25, 0.3) is 0 Å². The molecule has 0 aliphatic rings. The Kier molecular flexibility index (Phi) is 6.16. The largest absolute Gasteiger partial charge is 0.309 e. The summed E-state index contributed by atoms with van der Waals surface area (Å²) in [6.45, 7) is 5.12. The lowest BCUT2D eigenvalue weighted by Crippen LogP contribution is -2.26. The number of rotatable bonds is 7. The maximum atomic E-state index is 10.9. The highest BCUT2D eigenvalue weighted by Crippen LogP contribution is 2.13. The van der Waals surface area contributed by atoms with E-state index >= 15 is 0 Å². The van der Waals surface area contributed by atoms with Crippen LogP contribution >= 0.6 is 11.3 Å². The van der Waals surface area contributed by atoms with E-state index in [1.807, 2.05) is 6.20 Å². The summed E-state index contributed by atoms with van der Waals surface area (Å²) >= 11 is 1.77. The first-order chi connectivity index (χ1) is 7.61. The van der Waals surface area contributed by atoms with E-state index in [0.717, 1.165) is 25.1 Å². The Balaban J connectivity index is 2.25. The molecule has 0 aromatic carbocycles. The summed E-state index contributed by atoms with van der Waals surface area (Å²) in [5.74, 6) is 0.775. The number of aromatic nitrogens is 1. The van der Waals surface area contributed by atoms with E-state index in [1.54, 1.807) is 17.6 Å². The number of nitrogens with zero attached hydrogens (tertiary/aromatic N) is 1. The molecule has 16 heavy (non-hydrogen) atoms. The van der Waals surface area contributed by atoms with Gasteiger partial charge in [-0.1, -0.05) is 6.92 Å². The minimum Gasteiger partial charge on any atom is -0.309 e. The second kappa shape index (κ2) is 7.14. The Morgan fingerprint density at radius 1 is 1.62 bits per heavy atom. The van der Waals surface area contributed by atoms with Gasteiger partial charge in [-0.3, -0.25) is 4.21 Å². The molecule has 3 nitrogen and oxygen atoms in total. The zero-order valence-corrected chi connectivity index (χ0v) is 11.8. The maximum absolute atomic E-state index is 10.9. The van der Waals surface area contributed by atoms with Gasteiger partial charge in [0.1, 0.15) is 0 Å². The number of thiazole rings is 1. The van der Waals surface area contributed by atoms with Crippen molar-refractivity contribution in [3.8, 4) is 0 Å². The van der Waals surface area contributed by atoms with Gasteiger partial charge in [-0.2, -0.15) is 0 Å². The van der Waals surface area contributed by atoms with Crippen LogP contribution in [0.2, 0.25) is 0 Å². The van der Waals surface area contributed by atoms with Gasteiger partial charge in [0.25, 0.3) is 0 Å². The van der Waals surface area contributed by atoms with Crippen molar-refractivity contribution in [1.29, 1.82) is 0 Å². The molecule has 1 rings (SSSR count). The molecule has 5 heteroatoms. The molecule has 0 saturated heterocycles. The zero-order chi connectivity index (χ0) is 12.0. The molecule has 1 heterocycles. The summed E-state index contributed by atoms with van der Waals surface area (Å²) in [5.41, 5.74) is 0. The molecule has 92 valence electrons. The molecule has 0 saturated carbocycles. The van der Waals surface area contributed by atoms with E-state index < -0.39 is 10.8 Å². The normalized spacial score (nSPS) is 14.9. The molecule has 1 aromatic heterocycles. The van der Waals surface area contributed by atoms with E-state index in [1.165, 1.54) is 9.88 Å². The van der Waals surface area contributed by atoms with E-state index in [2.05, 4.69) is 24.1 Å². The van der Waals surface area contributed by atoms with Crippen LogP contribution in [0, 0.1) is 0 Å². The molecular weight excluding hydrogens is 240 g/mol. The number of aryl methyl sites for hydroxylation is 1. The molecule has 1 N–H and O–H groups in total. The highest BCUT2D eigenvalue weighted by Gasteiger charge is 2.04. The van der Waals surface area contributed by atoms with Crippen molar-refractivity contribution in [2.75, 3.05) is 12.0 Å². The van der Waals surface area contributed by atoms with E-state index in [-0.39, 0.29) is 0 Å². The Morgan fingerprint density at radius 2 is 2.38 bits per heavy atom. The van der Waals surface area contributed by atoms with Crippen LogP contribution in [0.4, 0.5) is 0 Å². The van der Waals surface area contributed by atoms with Crippen molar-refractivity contribution in [2.45, 2.75) is 39.3 Å². The number of hydrogen-bond acceptors (Lipinski definition) is 4. The van der Waals surface area contributed by atoms with Gasteiger partial charge in [0.2, 0.25) is 0 Å². The van der Waals surface area contributed by atoms with Crippen molar-refractivity contribution in [2.24, 2.45) is 0 Å². The monoisotopic (exact) mass is 260 g/mol. The summed E-state index contributed by atoms with van der Waals surface area (Å²) < 4.78 is 10.9. The lowest BCUT2D eigenvalue weighted by molar-refractivity contribution is 0.537. The van der Waals surface area contributed by atoms with Gasteiger partial charge in [-0.15, -0.1) is 11.3 Å². The first kappa shape index (κ1) is 13.8. The van der Waals surface area contributed by atoms with Gasteiger partial charge in [-0.25, -0.2) is 4.98 Å². The average Bonchev–Trinajstić information content (AvgIpc) is 2.71. The number of hydrogen-bond donors (Lipinski definition) is 1. The van der Waals surface area contributed by atoms with E-state index in [4.69, 9.17) is 0 Å². The Morgan fingerprint density at radius 3 is 2.94 bits per heavy atom. The summed E-state index contributed by atoms with van der Waals surface area (Å²) in [6.07, 6.45) is 5.67. The van der Waals surface area contributed by atoms with Crippen molar-refractivity contribution in [3.05, 3.63) is 16.1 Å². The third-order valence-electron chi connectivity index (χ3n) is 2.37. The molecule has 2 unspecified atom stereocenters. The quantitative estimate of drug-likeness (QED) is 0.815. The summed E-state index contributed by atoms with van der Waals surface area (Å²) in [5, 5.41) is 4.62. The SMILES string of the molecule is CCc1ncc(CNC(C)CCS(C)=O)s1. The molecule has 1 aromatic rings. The smallest absolute Gasteiger partial charge is 0.0925 e. The lowest BCUT2D eigenvalue weighted by atomic mass is 10.2. The number of nitrogens with one attached hydrogen (secondary N) is 1. The van der Waals surface area contributed by atoms with Crippen molar-refractivity contribution >= 4 is 22.1 Å². The van der Waals surface area contributed by atoms with Gasteiger partial charge in [0.15, 0.2) is 0 Å². The van der Waals surface area contributed by atoms with Gasteiger partial charge in [-0.05, 0) is 19.8 Å². The third-order valence-corrected chi connectivity index (χ3v) is 4.32. The summed E-state index contributed by atoms with van der Waals surface area (Å²) in [4.78, 5) is 5.60.